The maximum absolute atomic E-state index is 10.7. The number of aliphatic imine (C=N–C) groups is 1. The Morgan fingerprint density at radius 1 is 1.69 bits per heavy atom. The number of carbonyl (C=O) groups excluding carboxylic acids is 1. The summed E-state index contributed by atoms with van der Waals surface area (Å²) in [7, 11) is 0. The lowest BCUT2D eigenvalue weighted by Crippen LogP contribution is -2.04. The Kier molecular flexibility index (Phi) is 4.87. The van der Waals surface area contributed by atoms with Gasteiger partial charge in [-0.1, -0.05) is 11.3 Å². The summed E-state index contributed by atoms with van der Waals surface area (Å²) in [6.07, 6.45) is 2.06. The molecule has 0 bridgehead atoms. The fourth-order valence-corrected chi connectivity index (χ4v) is 1.72. The van der Waals surface area contributed by atoms with Gasteiger partial charge in [0, 0.05) is 26.3 Å². The van der Waals surface area contributed by atoms with Crippen molar-refractivity contribution >= 4 is 28.6 Å². The molecule has 16 heavy (non-hydrogen) atoms. The van der Waals surface area contributed by atoms with Gasteiger partial charge in [-0.25, -0.2) is 0 Å². The van der Waals surface area contributed by atoms with E-state index in [-0.39, 0.29) is 18.4 Å². The van der Waals surface area contributed by atoms with Crippen LogP contribution >= 0.6 is 11.3 Å². The lowest BCUT2D eigenvalue weighted by atomic mass is 10.4. The first kappa shape index (κ1) is 12.6. The Bertz CT molecular complexity index is 389. The van der Waals surface area contributed by atoms with Gasteiger partial charge in [-0.3, -0.25) is 9.79 Å². The Labute approximate surface area is 96.7 Å². The zero-order chi connectivity index (χ0) is 12.0. The average molecular weight is 243 g/mol. The van der Waals surface area contributed by atoms with Crippen molar-refractivity contribution in [1.82, 2.24) is 4.98 Å². The number of aromatic hydroxyl groups is 1. The van der Waals surface area contributed by atoms with Gasteiger partial charge in [-0.15, -0.1) is 0 Å². The van der Waals surface area contributed by atoms with Crippen LogP contribution in [0.25, 0.3) is 0 Å². The van der Waals surface area contributed by atoms with E-state index in [4.69, 9.17) is 5.11 Å². The molecule has 0 atom stereocenters. The fourth-order valence-electron chi connectivity index (χ4n) is 0.921. The number of hydrogen-bond acceptors (Lipinski definition) is 6. The topological polar surface area (TPSA) is 94.8 Å². The van der Waals surface area contributed by atoms with Crippen molar-refractivity contribution in [1.29, 1.82) is 0 Å². The fraction of sp³-hybridized carbons (Fsp3) is 0.444. The number of anilines is 1. The maximum Gasteiger partial charge on any atom is 0.233 e. The van der Waals surface area contributed by atoms with Crippen LogP contribution in [0, 0.1) is 0 Å². The standard InChI is InChI=1S/C9H13N3O3S/c1-6(14)11-9-12-8(15)7(16-9)5-10-3-2-4-13/h5,13,15H,2-4H2,1H3,(H,11,12,14). The normalized spacial score (nSPS) is 10.9. The molecule has 0 aliphatic rings. The van der Waals surface area contributed by atoms with E-state index in [2.05, 4.69) is 15.3 Å². The van der Waals surface area contributed by atoms with Crippen LogP contribution in [0.5, 0.6) is 5.88 Å². The zero-order valence-electron chi connectivity index (χ0n) is 8.80. The predicted molar refractivity (Wildman–Crippen MR) is 62.2 cm³/mol. The number of carbonyl (C=O) groups is 1. The largest absolute Gasteiger partial charge is 0.492 e. The summed E-state index contributed by atoms with van der Waals surface area (Å²) in [6, 6.07) is 0. The number of aromatic nitrogens is 1. The average Bonchev–Trinajstić information content (AvgIpc) is 2.53. The number of hydrogen-bond donors (Lipinski definition) is 3. The predicted octanol–water partition coefficient (Wildman–Crippen LogP) is 0.608. The van der Waals surface area contributed by atoms with Gasteiger partial charge in [0.25, 0.3) is 0 Å². The van der Waals surface area contributed by atoms with Gasteiger partial charge in [-0.05, 0) is 6.42 Å². The maximum atomic E-state index is 10.7. The molecule has 88 valence electrons. The molecule has 0 saturated carbocycles. The second-order valence-electron chi connectivity index (χ2n) is 3.00. The highest BCUT2D eigenvalue weighted by molar-refractivity contribution is 7.17. The highest BCUT2D eigenvalue weighted by Crippen LogP contribution is 2.26. The molecule has 1 heterocycles. The summed E-state index contributed by atoms with van der Waals surface area (Å²) in [5, 5.41) is 20.8. The number of nitrogens with zero attached hydrogens (tertiary/aromatic N) is 2. The molecule has 0 fully saturated rings. The van der Waals surface area contributed by atoms with Crippen molar-refractivity contribution < 1.29 is 15.0 Å². The van der Waals surface area contributed by atoms with E-state index in [1.54, 1.807) is 0 Å². The Hall–Kier alpha value is -1.47. The smallest absolute Gasteiger partial charge is 0.233 e. The molecule has 0 aliphatic heterocycles. The van der Waals surface area contributed by atoms with Crippen LogP contribution in [0.15, 0.2) is 4.99 Å². The molecule has 1 aromatic rings. The molecule has 0 aromatic carbocycles. The summed E-state index contributed by atoms with van der Waals surface area (Å²) in [6.45, 7) is 1.94. The first-order valence-electron chi connectivity index (χ1n) is 4.71. The minimum Gasteiger partial charge on any atom is -0.492 e. The second kappa shape index (κ2) is 6.19. The third-order valence-corrected chi connectivity index (χ3v) is 2.47. The third kappa shape index (κ3) is 3.95. The molecule has 1 amide bonds. The van der Waals surface area contributed by atoms with Crippen LogP contribution in [-0.4, -0.2) is 40.5 Å². The van der Waals surface area contributed by atoms with E-state index in [0.29, 0.717) is 23.0 Å². The Morgan fingerprint density at radius 3 is 3.06 bits per heavy atom. The van der Waals surface area contributed by atoms with Crippen molar-refractivity contribution in [3.63, 3.8) is 0 Å². The molecule has 6 nitrogen and oxygen atoms in total. The van der Waals surface area contributed by atoms with E-state index in [9.17, 15) is 9.90 Å². The van der Waals surface area contributed by atoms with Crippen LogP contribution in [-0.2, 0) is 4.79 Å². The van der Waals surface area contributed by atoms with Crippen molar-refractivity contribution in [2.75, 3.05) is 18.5 Å². The molecule has 0 unspecified atom stereocenters. The van der Waals surface area contributed by atoms with Gasteiger partial charge in [0.1, 0.15) is 4.88 Å². The van der Waals surface area contributed by atoms with Crippen molar-refractivity contribution in [3.8, 4) is 5.88 Å². The molecule has 7 heteroatoms. The van der Waals surface area contributed by atoms with E-state index >= 15 is 0 Å². The van der Waals surface area contributed by atoms with Gasteiger partial charge in [0.15, 0.2) is 5.13 Å². The van der Waals surface area contributed by atoms with Crippen LogP contribution in [0.1, 0.15) is 18.2 Å². The van der Waals surface area contributed by atoms with Crippen molar-refractivity contribution in [2.24, 2.45) is 4.99 Å². The summed E-state index contributed by atoms with van der Waals surface area (Å²) >= 11 is 1.14. The molecule has 3 N–H and O–H groups in total. The van der Waals surface area contributed by atoms with Gasteiger partial charge >= 0.3 is 0 Å². The van der Waals surface area contributed by atoms with Crippen molar-refractivity contribution in [3.05, 3.63) is 4.88 Å². The zero-order valence-corrected chi connectivity index (χ0v) is 9.62. The number of rotatable bonds is 5. The number of nitrogens with one attached hydrogen (secondary N) is 1. The van der Waals surface area contributed by atoms with Gasteiger partial charge < -0.3 is 15.5 Å². The van der Waals surface area contributed by atoms with Gasteiger partial charge in [-0.2, -0.15) is 4.98 Å². The Morgan fingerprint density at radius 2 is 2.44 bits per heavy atom. The second-order valence-corrected chi connectivity index (χ2v) is 4.03. The first-order valence-corrected chi connectivity index (χ1v) is 5.53. The lowest BCUT2D eigenvalue weighted by Gasteiger charge is -1.91. The van der Waals surface area contributed by atoms with Crippen molar-refractivity contribution in [2.45, 2.75) is 13.3 Å². The monoisotopic (exact) mass is 243 g/mol. The molecule has 0 aliphatic carbocycles. The van der Waals surface area contributed by atoms with Gasteiger partial charge in [0.2, 0.25) is 11.8 Å². The number of amides is 1. The molecule has 0 saturated heterocycles. The Balaban J connectivity index is 2.62. The minimum atomic E-state index is -0.238. The summed E-state index contributed by atoms with van der Waals surface area (Å²) < 4.78 is 0. The SMILES string of the molecule is CC(=O)Nc1nc(O)c(C=NCCCO)s1. The summed E-state index contributed by atoms with van der Waals surface area (Å²) in [4.78, 5) is 19.0. The van der Waals surface area contributed by atoms with Gasteiger partial charge in [0.05, 0.1) is 0 Å². The number of aliphatic hydroxyl groups excluding tert-OH is 1. The highest BCUT2D eigenvalue weighted by Gasteiger charge is 2.08. The van der Waals surface area contributed by atoms with E-state index in [0.717, 1.165) is 11.3 Å². The number of aliphatic hydroxyl groups is 1. The molecular formula is C9H13N3O3S. The molecule has 0 spiro atoms. The quantitative estimate of drug-likeness (QED) is 0.521. The van der Waals surface area contributed by atoms with Crippen LogP contribution in [0.3, 0.4) is 0 Å². The van der Waals surface area contributed by atoms with E-state index in [1.165, 1.54) is 13.1 Å². The summed E-state index contributed by atoms with van der Waals surface area (Å²) in [5.74, 6) is -0.390. The highest BCUT2D eigenvalue weighted by atomic mass is 32.1. The van der Waals surface area contributed by atoms with Crippen LogP contribution in [0.2, 0.25) is 0 Å². The summed E-state index contributed by atoms with van der Waals surface area (Å²) in [5.41, 5.74) is 0. The third-order valence-electron chi connectivity index (χ3n) is 1.57. The lowest BCUT2D eigenvalue weighted by molar-refractivity contribution is -0.114. The van der Waals surface area contributed by atoms with Crippen LogP contribution < -0.4 is 5.32 Å². The molecular weight excluding hydrogens is 230 g/mol. The number of thiazole rings is 1. The first-order chi connectivity index (χ1) is 7.63. The minimum absolute atomic E-state index is 0.0865. The van der Waals surface area contributed by atoms with Crippen LogP contribution in [0.4, 0.5) is 5.13 Å². The van der Waals surface area contributed by atoms with E-state index in [1.807, 2.05) is 0 Å². The molecule has 1 rings (SSSR count). The molecule has 1 aromatic heterocycles. The molecule has 0 radical (unpaired) electrons. The van der Waals surface area contributed by atoms with E-state index < -0.39 is 0 Å².